The fourth-order valence-corrected chi connectivity index (χ4v) is 2.16. The third kappa shape index (κ3) is 2.85. The molecule has 1 heterocycles. The molecule has 0 N–H and O–H groups in total. The first-order valence-corrected chi connectivity index (χ1v) is 6.78. The zero-order valence-electron chi connectivity index (χ0n) is 11.5. The number of rotatable bonds is 4. The van der Waals surface area contributed by atoms with E-state index in [9.17, 15) is 4.79 Å². The number of hydrogen-bond donors (Lipinski definition) is 0. The van der Waals surface area contributed by atoms with Crippen LogP contribution in [0, 0.1) is 6.92 Å². The average molecular weight is 339 g/mol. The third-order valence-corrected chi connectivity index (χ3v) is 3.87. The van der Waals surface area contributed by atoms with Gasteiger partial charge in [0.05, 0.1) is 32.8 Å². The molecule has 1 aromatic carbocycles. The van der Waals surface area contributed by atoms with Crippen LogP contribution in [-0.2, 0) is 6.54 Å². The lowest BCUT2D eigenvalue weighted by Crippen LogP contribution is -2.22. The smallest absolute Gasteiger partial charge is 0.268 e. The van der Waals surface area contributed by atoms with E-state index in [4.69, 9.17) is 9.47 Å². The molecule has 0 amide bonds. The summed E-state index contributed by atoms with van der Waals surface area (Å²) >= 11 is 3.25. The molecular formula is C14H15BrN2O3. The fourth-order valence-electron chi connectivity index (χ4n) is 1.83. The van der Waals surface area contributed by atoms with Crippen LogP contribution in [0.2, 0.25) is 0 Å². The summed E-state index contributed by atoms with van der Waals surface area (Å²) in [7, 11) is 3.17. The molecule has 0 aliphatic rings. The van der Waals surface area contributed by atoms with Crippen LogP contribution >= 0.6 is 15.9 Å². The summed E-state index contributed by atoms with van der Waals surface area (Å²) in [4.78, 5) is 16.3. The molecule has 0 aliphatic heterocycles. The van der Waals surface area contributed by atoms with Crippen LogP contribution in [0.3, 0.4) is 0 Å². The Labute approximate surface area is 125 Å². The van der Waals surface area contributed by atoms with Gasteiger partial charge in [0.25, 0.3) is 5.56 Å². The van der Waals surface area contributed by atoms with Gasteiger partial charge in [-0.2, -0.15) is 0 Å². The van der Waals surface area contributed by atoms with Crippen molar-refractivity contribution in [2.45, 2.75) is 13.5 Å². The Kier molecular flexibility index (Phi) is 4.44. The topological polar surface area (TPSA) is 53.4 Å². The standard InChI is InChI=1S/C14H15BrN2O3/c1-9-13(15)14(18)17(8-16-9)7-10-4-5-11(19-2)12(6-10)20-3/h4-6,8H,7H2,1-3H3. The molecule has 0 saturated carbocycles. The largest absolute Gasteiger partial charge is 0.493 e. The Morgan fingerprint density at radius 2 is 1.95 bits per heavy atom. The molecule has 0 bridgehead atoms. The first-order valence-electron chi connectivity index (χ1n) is 5.99. The van der Waals surface area contributed by atoms with Gasteiger partial charge in [0.15, 0.2) is 11.5 Å². The Balaban J connectivity index is 2.36. The number of aromatic nitrogens is 2. The van der Waals surface area contributed by atoms with Crippen LogP contribution in [0.25, 0.3) is 0 Å². The van der Waals surface area contributed by atoms with E-state index in [1.54, 1.807) is 32.0 Å². The van der Waals surface area contributed by atoms with E-state index in [2.05, 4.69) is 20.9 Å². The summed E-state index contributed by atoms with van der Waals surface area (Å²) in [6.07, 6.45) is 1.54. The van der Waals surface area contributed by atoms with Gasteiger partial charge in [0.1, 0.15) is 4.47 Å². The highest BCUT2D eigenvalue weighted by Crippen LogP contribution is 2.27. The van der Waals surface area contributed by atoms with Crippen molar-refractivity contribution >= 4 is 15.9 Å². The van der Waals surface area contributed by atoms with Crippen molar-refractivity contribution in [1.82, 2.24) is 9.55 Å². The highest BCUT2D eigenvalue weighted by molar-refractivity contribution is 9.10. The first kappa shape index (κ1) is 14.6. The zero-order chi connectivity index (χ0) is 14.7. The van der Waals surface area contributed by atoms with Crippen molar-refractivity contribution < 1.29 is 9.47 Å². The minimum atomic E-state index is -0.104. The van der Waals surface area contributed by atoms with Crippen LogP contribution in [-0.4, -0.2) is 23.8 Å². The lowest BCUT2D eigenvalue weighted by molar-refractivity contribution is 0.354. The van der Waals surface area contributed by atoms with Gasteiger partial charge in [0, 0.05) is 0 Å². The van der Waals surface area contributed by atoms with E-state index in [1.165, 1.54) is 0 Å². The van der Waals surface area contributed by atoms with E-state index < -0.39 is 0 Å². The van der Waals surface area contributed by atoms with Crippen molar-refractivity contribution in [1.29, 1.82) is 0 Å². The molecule has 1 aromatic heterocycles. The molecule has 106 valence electrons. The van der Waals surface area contributed by atoms with Gasteiger partial charge in [-0.25, -0.2) is 4.98 Å². The molecule has 0 radical (unpaired) electrons. The van der Waals surface area contributed by atoms with Crippen LogP contribution < -0.4 is 15.0 Å². The van der Waals surface area contributed by atoms with Crippen LogP contribution in [0.15, 0.2) is 33.8 Å². The van der Waals surface area contributed by atoms with Gasteiger partial charge < -0.3 is 9.47 Å². The van der Waals surface area contributed by atoms with Crippen molar-refractivity contribution in [3.8, 4) is 11.5 Å². The Bertz CT molecular complexity index is 683. The minimum absolute atomic E-state index is 0.104. The van der Waals surface area contributed by atoms with Gasteiger partial charge in [-0.1, -0.05) is 6.07 Å². The second kappa shape index (κ2) is 6.09. The second-order valence-corrected chi connectivity index (χ2v) is 5.06. The molecule has 0 atom stereocenters. The summed E-state index contributed by atoms with van der Waals surface area (Å²) in [6, 6.07) is 5.55. The molecule has 0 fully saturated rings. The van der Waals surface area contributed by atoms with Crippen molar-refractivity contribution in [3.63, 3.8) is 0 Å². The molecule has 2 rings (SSSR count). The molecule has 2 aromatic rings. The van der Waals surface area contributed by atoms with Crippen LogP contribution in [0.5, 0.6) is 11.5 Å². The Morgan fingerprint density at radius 1 is 1.25 bits per heavy atom. The quantitative estimate of drug-likeness (QED) is 0.858. The third-order valence-electron chi connectivity index (χ3n) is 2.96. The molecule has 6 heteroatoms. The lowest BCUT2D eigenvalue weighted by atomic mass is 10.2. The average Bonchev–Trinajstić information content (AvgIpc) is 2.47. The van der Waals surface area contributed by atoms with Gasteiger partial charge >= 0.3 is 0 Å². The molecule has 0 unspecified atom stereocenters. The lowest BCUT2D eigenvalue weighted by Gasteiger charge is -2.11. The van der Waals surface area contributed by atoms with Crippen LogP contribution in [0.1, 0.15) is 11.3 Å². The SMILES string of the molecule is COc1ccc(Cn2cnc(C)c(Br)c2=O)cc1OC. The number of hydrogen-bond acceptors (Lipinski definition) is 4. The number of benzene rings is 1. The van der Waals surface area contributed by atoms with E-state index >= 15 is 0 Å². The zero-order valence-corrected chi connectivity index (χ0v) is 13.1. The number of nitrogens with zero attached hydrogens (tertiary/aromatic N) is 2. The maximum Gasteiger partial charge on any atom is 0.268 e. The Morgan fingerprint density at radius 3 is 2.60 bits per heavy atom. The summed E-state index contributed by atoms with van der Waals surface area (Å²) in [5.41, 5.74) is 1.51. The van der Waals surface area contributed by atoms with Gasteiger partial charge in [0.2, 0.25) is 0 Å². The summed E-state index contributed by atoms with van der Waals surface area (Å²) in [6.45, 7) is 2.21. The summed E-state index contributed by atoms with van der Waals surface area (Å²) in [5.74, 6) is 1.30. The number of ether oxygens (including phenoxy) is 2. The molecule has 0 aliphatic carbocycles. The van der Waals surface area contributed by atoms with Gasteiger partial charge in [-0.3, -0.25) is 9.36 Å². The second-order valence-electron chi connectivity index (χ2n) is 4.27. The summed E-state index contributed by atoms with van der Waals surface area (Å²) in [5, 5.41) is 0. The number of aryl methyl sites for hydroxylation is 1. The number of methoxy groups -OCH3 is 2. The molecule has 20 heavy (non-hydrogen) atoms. The predicted octanol–water partition coefficient (Wildman–Crippen LogP) is 2.38. The summed E-state index contributed by atoms with van der Waals surface area (Å²) < 4.78 is 12.5. The van der Waals surface area contributed by atoms with Gasteiger partial charge in [-0.15, -0.1) is 0 Å². The number of halogens is 1. The predicted molar refractivity (Wildman–Crippen MR) is 79.6 cm³/mol. The monoisotopic (exact) mass is 338 g/mol. The molecule has 5 nitrogen and oxygen atoms in total. The maximum atomic E-state index is 12.1. The van der Waals surface area contributed by atoms with Crippen molar-refractivity contribution in [2.24, 2.45) is 0 Å². The Hall–Kier alpha value is -1.82. The molecule has 0 spiro atoms. The van der Waals surface area contributed by atoms with E-state index in [0.29, 0.717) is 28.2 Å². The van der Waals surface area contributed by atoms with E-state index in [1.807, 2.05) is 18.2 Å². The first-order chi connectivity index (χ1) is 9.56. The highest BCUT2D eigenvalue weighted by Gasteiger charge is 2.08. The van der Waals surface area contributed by atoms with E-state index in [-0.39, 0.29) is 5.56 Å². The molecule has 0 saturated heterocycles. The van der Waals surface area contributed by atoms with Crippen molar-refractivity contribution in [3.05, 3.63) is 50.6 Å². The normalized spacial score (nSPS) is 10.4. The molecular weight excluding hydrogens is 324 g/mol. The van der Waals surface area contributed by atoms with Crippen molar-refractivity contribution in [2.75, 3.05) is 14.2 Å². The fraction of sp³-hybridized carbons (Fsp3) is 0.286. The van der Waals surface area contributed by atoms with Gasteiger partial charge in [-0.05, 0) is 40.5 Å². The van der Waals surface area contributed by atoms with E-state index in [0.717, 1.165) is 5.56 Å². The maximum absolute atomic E-state index is 12.1. The highest BCUT2D eigenvalue weighted by atomic mass is 79.9. The minimum Gasteiger partial charge on any atom is -0.493 e. The van der Waals surface area contributed by atoms with Crippen LogP contribution in [0.4, 0.5) is 0 Å².